The van der Waals surface area contributed by atoms with E-state index in [-0.39, 0.29) is 24.2 Å². The van der Waals surface area contributed by atoms with E-state index in [1.807, 2.05) is 27.0 Å². The lowest BCUT2D eigenvalue weighted by atomic mass is 10.2. The number of aromatic nitrogens is 3. The first-order valence-electron chi connectivity index (χ1n) is 7.30. The number of amides is 1. The first-order valence-corrected chi connectivity index (χ1v) is 7.30. The average molecular weight is 306 g/mol. The van der Waals surface area contributed by atoms with Gasteiger partial charge in [-0.2, -0.15) is 5.10 Å². The molecule has 0 aliphatic heterocycles. The van der Waals surface area contributed by atoms with E-state index >= 15 is 0 Å². The average Bonchev–Trinajstić information content (AvgIpc) is 3.04. The SMILES string of the molecule is Cc1cnn(Cc2cc(C(=O)N(CC(C)O)C(C)C)no2)c1. The van der Waals surface area contributed by atoms with Crippen LogP contribution in [0.25, 0.3) is 0 Å². The molecule has 0 saturated heterocycles. The molecule has 1 N–H and O–H groups in total. The van der Waals surface area contributed by atoms with Crippen LogP contribution >= 0.6 is 0 Å². The smallest absolute Gasteiger partial charge is 0.276 e. The highest BCUT2D eigenvalue weighted by Gasteiger charge is 2.23. The summed E-state index contributed by atoms with van der Waals surface area (Å²) >= 11 is 0. The fraction of sp³-hybridized carbons (Fsp3) is 0.533. The predicted octanol–water partition coefficient (Wildman–Crippen LogP) is 1.46. The van der Waals surface area contributed by atoms with Gasteiger partial charge >= 0.3 is 0 Å². The van der Waals surface area contributed by atoms with Crippen LogP contribution in [0.3, 0.4) is 0 Å². The molecule has 2 aromatic heterocycles. The minimum Gasteiger partial charge on any atom is -0.392 e. The number of rotatable bonds is 6. The Morgan fingerprint density at radius 2 is 2.18 bits per heavy atom. The van der Waals surface area contributed by atoms with E-state index in [0.717, 1.165) is 5.56 Å². The second kappa shape index (κ2) is 6.74. The molecule has 2 aromatic rings. The third-order valence-electron chi connectivity index (χ3n) is 3.20. The maximum Gasteiger partial charge on any atom is 0.276 e. The van der Waals surface area contributed by atoms with Gasteiger partial charge in [0.1, 0.15) is 6.54 Å². The predicted molar refractivity (Wildman–Crippen MR) is 80.4 cm³/mol. The summed E-state index contributed by atoms with van der Waals surface area (Å²) < 4.78 is 6.94. The Balaban J connectivity index is 2.10. The fourth-order valence-electron chi connectivity index (χ4n) is 2.16. The molecular weight excluding hydrogens is 284 g/mol. The Morgan fingerprint density at radius 1 is 1.45 bits per heavy atom. The summed E-state index contributed by atoms with van der Waals surface area (Å²) in [6.45, 7) is 8.08. The van der Waals surface area contributed by atoms with E-state index in [1.165, 1.54) is 0 Å². The molecule has 0 aromatic carbocycles. The minimum atomic E-state index is -0.593. The number of hydrogen-bond acceptors (Lipinski definition) is 5. The summed E-state index contributed by atoms with van der Waals surface area (Å²) in [6, 6.07) is 1.59. The second-order valence-electron chi connectivity index (χ2n) is 5.79. The van der Waals surface area contributed by atoms with Crippen LogP contribution in [-0.2, 0) is 6.54 Å². The van der Waals surface area contributed by atoms with Gasteiger partial charge in [-0.05, 0) is 33.3 Å². The van der Waals surface area contributed by atoms with Gasteiger partial charge in [-0.3, -0.25) is 9.48 Å². The molecule has 1 unspecified atom stereocenters. The van der Waals surface area contributed by atoms with Crippen LogP contribution in [0.1, 0.15) is 42.6 Å². The standard InChI is InChI=1S/C15H22N4O3/c1-10(2)19(8-12(4)20)15(21)14-5-13(22-17-14)9-18-7-11(3)6-16-18/h5-7,10,12,20H,8-9H2,1-4H3. The van der Waals surface area contributed by atoms with Crippen molar-refractivity contribution < 1.29 is 14.4 Å². The van der Waals surface area contributed by atoms with Crippen molar-refractivity contribution in [2.24, 2.45) is 0 Å². The lowest BCUT2D eigenvalue weighted by molar-refractivity contribution is 0.0569. The molecule has 22 heavy (non-hydrogen) atoms. The van der Waals surface area contributed by atoms with E-state index in [4.69, 9.17) is 4.52 Å². The van der Waals surface area contributed by atoms with Crippen molar-refractivity contribution in [3.63, 3.8) is 0 Å². The van der Waals surface area contributed by atoms with E-state index in [2.05, 4.69) is 10.3 Å². The molecule has 0 saturated carbocycles. The van der Waals surface area contributed by atoms with E-state index in [1.54, 1.807) is 28.8 Å². The lowest BCUT2D eigenvalue weighted by Gasteiger charge is -2.26. The van der Waals surface area contributed by atoms with Gasteiger partial charge in [0.05, 0.1) is 12.3 Å². The molecule has 7 nitrogen and oxygen atoms in total. The maximum absolute atomic E-state index is 12.5. The van der Waals surface area contributed by atoms with Crippen molar-refractivity contribution in [2.45, 2.75) is 46.4 Å². The van der Waals surface area contributed by atoms with Crippen LogP contribution in [0.2, 0.25) is 0 Å². The number of aliphatic hydroxyl groups excluding tert-OH is 1. The number of aliphatic hydroxyl groups is 1. The summed E-state index contributed by atoms with van der Waals surface area (Å²) in [5, 5.41) is 17.5. The number of carbonyl (C=O) groups is 1. The third kappa shape index (κ3) is 3.94. The molecule has 7 heteroatoms. The van der Waals surface area contributed by atoms with Gasteiger partial charge in [0.15, 0.2) is 11.5 Å². The molecule has 0 bridgehead atoms. The first kappa shape index (κ1) is 16.2. The number of hydrogen-bond donors (Lipinski definition) is 1. The molecule has 2 heterocycles. The molecular formula is C15H22N4O3. The number of aryl methyl sites for hydroxylation is 1. The van der Waals surface area contributed by atoms with Crippen molar-refractivity contribution in [1.82, 2.24) is 19.8 Å². The molecule has 1 amide bonds. The van der Waals surface area contributed by atoms with Crippen molar-refractivity contribution in [3.05, 3.63) is 35.5 Å². The van der Waals surface area contributed by atoms with Gasteiger partial charge in [0.2, 0.25) is 0 Å². The van der Waals surface area contributed by atoms with Crippen LogP contribution in [0, 0.1) is 6.92 Å². The fourth-order valence-corrected chi connectivity index (χ4v) is 2.16. The zero-order valence-corrected chi connectivity index (χ0v) is 13.4. The Bertz CT molecular complexity index is 630. The monoisotopic (exact) mass is 306 g/mol. The zero-order valence-electron chi connectivity index (χ0n) is 13.4. The van der Waals surface area contributed by atoms with E-state index in [0.29, 0.717) is 12.3 Å². The molecule has 0 aliphatic carbocycles. The highest BCUT2D eigenvalue weighted by Crippen LogP contribution is 2.12. The van der Waals surface area contributed by atoms with Crippen molar-refractivity contribution >= 4 is 5.91 Å². The third-order valence-corrected chi connectivity index (χ3v) is 3.20. The number of carbonyl (C=O) groups excluding carboxylic acids is 1. The van der Waals surface area contributed by atoms with Gasteiger partial charge in [-0.15, -0.1) is 0 Å². The molecule has 0 aliphatic rings. The zero-order chi connectivity index (χ0) is 16.3. The van der Waals surface area contributed by atoms with Crippen LogP contribution in [0.15, 0.2) is 23.0 Å². The normalized spacial score (nSPS) is 12.6. The largest absolute Gasteiger partial charge is 0.392 e. The Kier molecular flexibility index (Phi) is 4.97. The van der Waals surface area contributed by atoms with Crippen LogP contribution in [0.4, 0.5) is 0 Å². The minimum absolute atomic E-state index is 0.0315. The Morgan fingerprint density at radius 3 is 2.73 bits per heavy atom. The van der Waals surface area contributed by atoms with Gasteiger partial charge in [0, 0.05) is 24.8 Å². The summed E-state index contributed by atoms with van der Waals surface area (Å²) in [6.07, 6.45) is 3.05. The molecule has 120 valence electrons. The van der Waals surface area contributed by atoms with Gasteiger partial charge in [0.25, 0.3) is 5.91 Å². The van der Waals surface area contributed by atoms with E-state index < -0.39 is 6.10 Å². The summed E-state index contributed by atoms with van der Waals surface area (Å²) in [4.78, 5) is 14.0. The Hall–Kier alpha value is -2.15. The molecule has 1 atom stereocenters. The second-order valence-corrected chi connectivity index (χ2v) is 5.79. The van der Waals surface area contributed by atoms with Gasteiger partial charge < -0.3 is 14.5 Å². The highest BCUT2D eigenvalue weighted by molar-refractivity contribution is 5.92. The summed E-state index contributed by atoms with van der Waals surface area (Å²) in [5.41, 5.74) is 1.30. The van der Waals surface area contributed by atoms with Crippen molar-refractivity contribution in [3.8, 4) is 0 Å². The first-order chi connectivity index (χ1) is 10.4. The topological polar surface area (TPSA) is 84.4 Å². The lowest BCUT2D eigenvalue weighted by Crippen LogP contribution is -2.41. The quantitative estimate of drug-likeness (QED) is 0.873. The highest BCUT2D eigenvalue weighted by atomic mass is 16.5. The van der Waals surface area contributed by atoms with Crippen LogP contribution in [-0.4, -0.2) is 49.5 Å². The van der Waals surface area contributed by atoms with Crippen LogP contribution in [0.5, 0.6) is 0 Å². The molecule has 0 radical (unpaired) electrons. The molecule has 2 rings (SSSR count). The van der Waals surface area contributed by atoms with E-state index in [9.17, 15) is 9.90 Å². The summed E-state index contributed by atoms with van der Waals surface area (Å²) in [7, 11) is 0. The number of nitrogens with zero attached hydrogens (tertiary/aromatic N) is 4. The Labute approximate surface area is 129 Å². The van der Waals surface area contributed by atoms with Gasteiger partial charge in [-0.25, -0.2) is 0 Å². The van der Waals surface area contributed by atoms with Gasteiger partial charge in [-0.1, -0.05) is 5.16 Å². The van der Waals surface area contributed by atoms with Crippen LogP contribution < -0.4 is 0 Å². The molecule has 0 spiro atoms. The van der Waals surface area contributed by atoms with Crippen molar-refractivity contribution in [2.75, 3.05) is 6.54 Å². The van der Waals surface area contributed by atoms with Crippen molar-refractivity contribution in [1.29, 1.82) is 0 Å². The molecule has 0 fully saturated rings. The maximum atomic E-state index is 12.5. The summed E-state index contributed by atoms with van der Waals surface area (Å²) in [5.74, 6) is 0.315.